The van der Waals surface area contributed by atoms with Crippen LogP contribution in [0.4, 0.5) is 4.39 Å². The largest absolute Gasteiger partial charge is 0.351 e. The van der Waals surface area contributed by atoms with E-state index >= 15 is 0 Å². The summed E-state index contributed by atoms with van der Waals surface area (Å²) >= 11 is 3.18. The molecule has 1 aliphatic rings. The Bertz CT molecular complexity index is 478. The van der Waals surface area contributed by atoms with E-state index in [1.807, 2.05) is 0 Å². The van der Waals surface area contributed by atoms with Crippen LogP contribution in [0.3, 0.4) is 0 Å². The SMILES string of the molecule is CC1(CNC(=O)c2ccc(Br)cc2F)CCNCC1.Cl. The summed E-state index contributed by atoms with van der Waals surface area (Å²) in [6.07, 6.45) is 2.05. The number of hydrogen-bond donors (Lipinski definition) is 2. The van der Waals surface area contributed by atoms with Crippen molar-refractivity contribution in [3.05, 3.63) is 34.1 Å². The van der Waals surface area contributed by atoms with Gasteiger partial charge in [0.25, 0.3) is 5.91 Å². The number of amides is 1. The van der Waals surface area contributed by atoms with Crippen LogP contribution in [0.2, 0.25) is 0 Å². The summed E-state index contributed by atoms with van der Waals surface area (Å²) in [5, 5.41) is 6.14. The highest BCUT2D eigenvalue weighted by atomic mass is 79.9. The molecule has 0 aromatic heterocycles. The highest BCUT2D eigenvalue weighted by Crippen LogP contribution is 2.26. The van der Waals surface area contributed by atoms with Crippen molar-refractivity contribution in [3.8, 4) is 0 Å². The van der Waals surface area contributed by atoms with E-state index < -0.39 is 5.82 Å². The lowest BCUT2D eigenvalue weighted by Crippen LogP contribution is -2.43. The molecule has 0 radical (unpaired) electrons. The zero-order valence-corrected chi connectivity index (χ0v) is 13.7. The van der Waals surface area contributed by atoms with Crippen LogP contribution in [0.5, 0.6) is 0 Å². The number of hydrogen-bond acceptors (Lipinski definition) is 2. The standard InChI is InChI=1S/C14H18BrFN2O.ClH/c1-14(4-6-17-7-5-14)9-18-13(19)11-3-2-10(15)8-12(11)16;/h2-3,8,17H,4-7,9H2,1H3,(H,18,19);1H. The lowest BCUT2D eigenvalue weighted by Gasteiger charge is -2.34. The molecule has 3 nitrogen and oxygen atoms in total. The Kier molecular flexibility index (Phi) is 6.43. The fraction of sp³-hybridized carbons (Fsp3) is 0.500. The molecule has 0 unspecified atom stereocenters. The van der Waals surface area contributed by atoms with Crippen LogP contribution in [0, 0.1) is 11.2 Å². The first-order valence-corrected chi connectivity index (χ1v) is 7.23. The number of rotatable bonds is 3. The Labute approximate surface area is 133 Å². The smallest absolute Gasteiger partial charge is 0.254 e. The number of carbonyl (C=O) groups excluding carboxylic acids is 1. The molecule has 0 atom stereocenters. The molecular formula is C14H19BrClFN2O. The Hall–Kier alpha value is -0.650. The molecule has 1 heterocycles. The quantitative estimate of drug-likeness (QED) is 0.864. The number of nitrogens with one attached hydrogen (secondary N) is 2. The van der Waals surface area contributed by atoms with Crippen molar-refractivity contribution in [3.63, 3.8) is 0 Å². The number of piperidine rings is 1. The Balaban J connectivity index is 0.00000200. The second kappa shape index (κ2) is 7.38. The van der Waals surface area contributed by atoms with Gasteiger partial charge in [-0.25, -0.2) is 4.39 Å². The van der Waals surface area contributed by atoms with Gasteiger partial charge in [-0.05, 0) is 49.5 Å². The summed E-state index contributed by atoms with van der Waals surface area (Å²) in [7, 11) is 0. The zero-order chi connectivity index (χ0) is 13.9. The first-order valence-electron chi connectivity index (χ1n) is 6.44. The van der Waals surface area contributed by atoms with Crippen molar-refractivity contribution in [2.24, 2.45) is 5.41 Å². The predicted octanol–water partition coefficient (Wildman–Crippen LogP) is 3.13. The first kappa shape index (κ1) is 17.4. The van der Waals surface area contributed by atoms with Gasteiger partial charge in [-0.2, -0.15) is 0 Å². The van der Waals surface area contributed by atoms with E-state index in [0.717, 1.165) is 25.9 Å². The molecular weight excluding hydrogens is 347 g/mol. The second-order valence-corrected chi connectivity index (χ2v) is 6.28. The van der Waals surface area contributed by atoms with Gasteiger partial charge >= 0.3 is 0 Å². The summed E-state index contributed by atoms with van der Waals surface area (Å²) in [6, 6.07) is 4.48. The lowest BCUT2D eigenvalue weighted by molar-refractivity contribution is 0.0918. The van der Waals surface area contributed by atoms with Crippen LogP contribution in [-0.2, 0) is 0 Å². The molecule has 2 N–H and O–H groups in total. The fourth-order valence-electron chi connectivity index (χ4n) is 2.27. The van der Waals surface area contributed by atoms with Crippen molar-refractivity contribution in [2.45, 2.75) is 19.8 Å². The molecule has 1 fully saturated rings. The second-order valence-electron chi connectivity index (χ2n) is 5.37. The molecule has 20 heavy (non-hydrogen) atoms. The normalized spacial score (nSPS) is 17.1. The fourth-order valence-corrected chi connectivity index (χ4v) is 2.60. The summed E-state index contributed by atoms with van der Waals surface area (Å²) in [4.78, 5) is 12.0. The van der Waals surface area contributed by atoms with Crippen LogP contribution in [-0.4, -0.2) is 25.5 Å². The van der Waals surface area contributed by atoms with Gasteiger partial charge < -0.3 is 10.6 Å². The highest BCUT2D eigenvalue weighted by Gasteiger charge is 2.27. The van der Waals surface area contributed by atoms with Crippen molar-refractivity contribution in [2.75, 3.05) is 19.6 Å². The molecule has 0 aliphatic carbocycles. The molecule has 0 saturated carbocycles. The monoisotopic (exact) mass is 364 g/mol. The van der Waals surface area contributed by atoms with E-state index in [1.54, 1.807) is 6.07 Å². The molecule has 6 heteroatoms. The average molecular weight is 366 g/mol. The third-order valence-electron chi connectivity index (χ3n) is 3.66. The van der Waals surface area contributed by atoms with E-state index in [2.05, 4.69) is 33.5 Å². The van der Waals surface area contributed by atoms with Crippen LogP contribution in [0.15, 0.2) is 22.7 Å². The molecule has 1 aromatic carbocycles. The van der Waals surface area contributed by atoms with Crippen LogP contribution < -0.4 is 10.6 Å². The molecule has 1 aromatic rings. The minimum absolute atomic E-state index is 0. The van der Waals surface area contributed by atoms with E-state index in [1.165, 1.54) is 12.1 Å². The van der Waals surface area contributed by atoms with Gasteiger partial charge in [0.05, 0.1) is 5.56 Å². The van der Waals surface area contributed by atoms with E-state index in [4.69, 9.17) is 0 Å². The molecule has 112 valence electrons. The van der Waals surface area contributed by atoms with Gasteiger partial charge in [-0.3, -0.25) is 4.79 Å². The molecule has 1 saturated heterocycles. The van der Waals surface area contributed by atoms with Gasteiger partial charge in [-0.1, -0.05) is 22.9 Å². The van der Waals surface area contributed by atoms with Gasteiger partial charge in [0.1, 0.15) is 5.82 Å². The Morgan fingerprint density at radius 3 is 2.70 bits per heavy atom. The van der Waals surface area contributed by atoms with E-state index in [9.17, 15) is 9.18 Å². The maximum absolute atomic E-state index is 13.7. The predicted molar refractivity (Wildman–Crippen MR) is 83.9 cm³/mol. The van der Waals surface area contributed by atoms with Crippen LogP contribution in [0.1, 0.15) is 30.1 Å². The lowest BCUT2D eigenvalue weighted by atomic mass is 9.81. The highest BCUT2D eigenvalue weighted by molar-refractivity contribution is 9.10. The van der Waals surface area contributed by atoms with Gasteiger partial charge in [0, 0.05) is 11.0 Å². The first-order chi connectivity index (χ1) is 9.00. The molecule has 2 rings (SSSR count). The third kappa shape index (κ3) is 4.43. The van der Waals surface area contributed by atoms with E-state index in [0.29, 0.717) is 11.0 Å². The summed E-state index contributed by atoms with van der Waals surface area (Å²) in [6.45, 7) is 4.69. The molecule has 1 aliphatic heterocycles. The van der Waals surface area contributed by atoms with Gasteiger partial charge in [0.15, 0.2) is 0 Å². The van der Waals surface area contributed by atoms with Crippen molar-refractivity contribution < 1.29 is 9.18 Å². The van der Waals surface area contributed by atoms with Crippen molar-refractivity contribution in [1.82, 2.24) is 10.6 Å². The number of halogens is 3. The third-order valence-corrected chi connectivity index (χ3v) is 4.16. The maximum atomic E-state index is 13.7. The summed E-state index contributed by atoms with van der Waals surface area (Å²) in [5.74, 6) is -0.841. The average Bonchev–Trinajstić information content (AvgIpc) is 2.37. The maximum Gasteiger partial charge on any atom is 0.254 e. The number of benzene rings is 1. The number of carbonyl (C=O) groups is 1. The Morgan fingerprint density at radius 2 is 2.10 bits per heavy atom. The topological polar surface area (TPSA) is 41.1 Å². The minimum Gasteiger partial charge on any atom is -0.351 e. The minimum atomic E-state index is -0.498. The molecule has 0 bridgehead atoms. The van der Waals surface area contributed by atoms with Crippen LogP contribution in [0.25, 0.3) is 0 Å². The van der Waals surface area contributed by atoms with Crippen molar-refractivity contribution >= 4 is 34.2 Å². The Morgan fingerprint density at radius 1 is 1.45 bits per heavy atom. The van der Waals surface area contributed by atoms with Gasteiger partial charge in [0.2, 0.25) is 0 Å². The van der Waals surface area contributed by atoms with Crippen molar-refractivity contribution in [1.29, 1.82) is 0 Å². The molecule has 1 amide bonds. The molecule has 0 spiro atoms. The summed E-state index contributed by atoms with van der Waals surface area (Å²) in [5.41, 5.74) is 0.202. The summed E-state index contributed by atoms with van der Waals surface area (Å²) < 4.78 is 14.3. The van der Waals surface area contributed by atoms with E-state index in [-0.39, 0.29) is 29.3 Å². The van der Waals surface area contributed by atoms with Gasteiger partial charge in [-0.15, -0.1) is 12.4 Å². The zero-order valence-electron chi connectivity index (χ0n) is 11.3. The van der Waals surface area contributed by atoms with Crippen LogP contribution >= 0.6 is 28.3 Å².